The second-order valence-corrected chi connectivity index (χ2v) is 7.11. The van der Waals surface area contributed by atoms with Crippen molar-refractivity contribution in [2.45, 2.75) is 85.9 Å². The molecule has 1 aliphatic carbocycles. The second-order valence-electron chi connectivity index (χ2n) is 7.11. The number of nitrogens with zero attached hydrogens (tertiary/aromatic N) is 1. The van der Waals surface area contributed by atoms with Gasteiger partial charge in [0, 0.05) is 25.9 Å². The van der Waals surface area contributed by atoms with E-state index in [1.165, 1.54) is 0 Å². The first-order valence-corrected chi connectivity index (χ1v) is 10.1. The minimum atomic E-state index is -0.350. The molecule has 3 rings (SSSR count). The summed E-state index contributed by atoms with van der Waals surface area (Å²) < 4.78 is 11.6. The Morgan fingerprint density at radius 1 is 0.958 bits per heavy atom. The summed E-state index contributed by atoms with van der Waals surface area (Å²) in [5.41, 5.74) is -0.0997. The number of hydrogen-bond acceptors (Lipinski definition) is 3. The molecule has 142 valence electrons. The lowest BCUT2D eigenvalue weighted by Crippen LogP contribution is -2.44. The zero-order valence-corrected chi connectivity index (χ0v) is 16.8. The highest BCUT2D eigenvalue weighted by Crippen LogP contribution is 2.49. The van der Waals surface area contributed by atoms with Gasteiger partial charge in [0.05, 0.1) is 18.6 Å². The Hall–Kier alpha value is -0.610. The van der Waals surface area contributed by atoms with Crippen LogP contribution in [-0.4, -0.2) is 42.9 Å². The Balaban J connectivity index is 0.000000671. The van der Waals surface area contributed by atoms with E-state index < -0.39 is 0 Å². The number of ether oxygens (including phenoxy) is 2. The first kappa shape index (κ1) is 21.4. The summed E-state index contributed by atoms with van der Waals surface area (Å²) in [6.07, 6.45) is 5.78. The molecule has 0 aromatic rings. The van der Waals surface area contributed by atoms with Crippen LogP contribution in [0.5, 0.6) is 0 Å². The van der Waals surface area contributed by atoms with Crippen molar-refractivity contribution in [1.29, 1.82) is 0 Å². The van der Waals surface area contributed by atoms with E-state index in [4.69, 9.17) is 9.47 Å². The molecule has 2 aliphatic heterocycles. The Morgan fingerprint density at radius 3 is 2.00 bits per heavy atom. The number of likely N-dealkylation sites (tertiary alicyclic amines) is 1. The number of amides is 1. The van der Waals surface area contributed by atoms with Gasteiger partial charge in [-0.3, -0.25) is 4.79 Å². The first-order chi connectivity index (χ1) is 11.6. The van der Waals surface area contributed by atoms with Gasteiger partial charge in [0.25, 0.3) is 0 Å². The molecule has 0 N–H and O–H groups in total. The molecule has 2 heterocycles. The van der Waals surface area contributed by atoms with E-state index in [0.717, 1.165) is 51.6 Å². The average Bonchev–Trinajstić information content (AvgIpc) is 3.19. The van der Waals surface area contributed by atoms with Crippen LogP contribution in [0.2, 0.25) is 0 Å². The van der Waals surface area contributed by atoms with Crippen molar-refractivity contribution in [3.8, 4) is 0 Å². The van der Waals surface area contributed by atoms with Gasteiger partial charge in [-0.1, -0.05) is 41.5 Å². The Bertz CT molecular complexity index is 365. The second kappa shape index (κ2) is 9.76. The molecule has 0 atom stereocenters. The lowest BCUT2D eigenvalue weighted by molar-refractivity contribution is -0.192. The van der Waals surface area contributed by atoms with Crippen LogP contribution in [0.25, 0.3) is 0 Å². The van der Waals surface area contributed by atoms with E-state index in [1.54, 1.807) is 0 Å². The third-order valence-corrected chi connectivity index (χ3v) is 5.36. The molecule has 4 heteroatoms. The van der Waals surface area contributed by atoms with Crippen LogP contribution >= 0.6 is 0 Å². The molecule has 1 saturated carbocycles. The lowest BCUT2D eigenvalue weighted by atomic mass is 9.71. The molecule has 0 aromatic carbocycles. The molecule has 1 amide bonds. The molecule has 3 fully saturated rings. The maximum Gasteiger partial charge on any atom is 0.228 e. The standard InChI is InChI=1S/C16H27NO3.2C2H6/c1-13(2)3-9-17-10-8-15(14(17)18)4-6-16(7-5-15)19-11-12-20-16;2*1-2/h13H,3-12H2,1-2H3;2*1-2H3. The van der Waals surface area contributed by atoms with Gasteiger partial charge in [0.15, 0.2) is 5.79 Å². The number of hydrogen-bond donors (Lipinski definition) is 0. The van der Waals surface area contributed by atoms with Crippen LogP contribution in [0.1, 0.15) is 80.1 Å². The highest BCUT2D eigenvalue weighted by atomic mass is 16.7. The summed E-state index contributed by atoms with van der Waals surface area (Å²) in [4.78, 5) is 14.8. The molecule has 0 bridgehead atoms. The van der Waals surface area contributed by atoms with E-state index in [-0.39, 0.29) is 11.2 Å². The third-order valence-electron chi connectivity index (χ3n) is 5.36. The number of carbonyl (C=O) groups excluding carboxylic acids is 1. The van der Waals surface area contributed by atoms with Crippen molar-refractivity contribution in [1.82, 2.24) is 4.90 Å². The van der Waals surface area contributed by atoms with Crippen LogP contribution in [-0.2, 0) is 14.3 Å². The summed E-state index contributed by atoms with van der Waals surface area (Å²) in [5, 5.41) is 0. The highest BCUT2D eigenvalue weighted by Gasteiger charge is 2.53. The van der Waals surface area contributed by atoms with Crippen molar-refractivity contribution >= 4 is 5.91 Å². The number of rotatable bonds is 3. The largest absolute Gasteiger partial charge is 0.348 e. The van der Waals surface area contributed by atoms with E-state index >= 15 is 0 Å². The molecule has 3 aliphatic rings. The van der Waals surface area contributed by atoms with Gasteiger partial charge in [0.2, 0.25) is 5.91 Å². The van der Waals surface area contributed by atoms with Crippen molar-refractivity contribution in [2.24, 2.45) is 11.3 Å². The molecular formula is C20H39NO3. The minimum Gasteiger partial charge on any atom is -0.348 e. The van der Waals surface area contributed by atoms with Crippen LogP contribution in [0.4, 0.5) is 0 Å². The fourth-order valence-corrected chi connectivity index (χ4v) is 3.88. The van der Waals surface area contributed by atoms with E-state index in [9.17, 15) is 4.79 Å². The SMILES string of the molecule is CC.CC.CC(C)CCN1CCC2(CCC3(CC2)OCCO3)C1=O. The van der Waals surface area contributed by atoms with Crippen molar-refractivity contribution in [3.05, 3.63) is 0 Å². The quantitative estimate of drug-likeness (QED) is 0.752. The van der Waals surface area contributed by atoms with Crippen LogP contribution in [0, 0.1) is 11.3 Å². The highest BCUT2D eigenvalue weighted by molar-refractivity contribution is 5.85. The zero-order chi connectivity index (χ0) is 18.2. The molecule has 0 radical (unpaired) electrons. The molecule has 0 aromatic heterocycles. The Kier molecular flexibility index (Phi) is 8.72. The minimum absolute atomic E-state index is 0.0997. The maximum absolute atomic E-state index is 12.7. The van der Waals surface area contributed by atoms with Crippen LogP contribution < -0.4 is 0 Å². The molecule has 24 heavy (non-hydrogen) atoms. The Morgan fingerprint density at radius 2 is 1.50 bits per heavy atom. The summed E-state index contributed by atoms with van der Waals surface area (Å²) >= 11 is 0. The fraction of sp³-hybridized carbons (Fsp3) is 0.950. The molecule has 4 nitrogen and oxygen atoms in total. The summed E-state index contributed by atoms with van der Waals surface area (Å²) in [6.45, 7) is 15.7. The van der Waals surface area contributed by atoms with E-state index in [1.807, 2.05) is 27.7 Å². The molecular weight excluding hydrogens is 302 g/mol. The normalized spacial score (nSPS) is 24.0. The molecule has 2 saturated heterocycles. The monoisotopic (exact) mass is 341 g/mol. The van der Waals surface area contributed by atoms with Crippen LogP contribution in [0.3, 0.4) is 0 Å². The Labute approximate surface area is 149 Å². The average molecular weight is 342 g/mol. The maximum atomic E-state index is 12.7. The third kappa shape index (κ3) is 4.72. The van der Waals surface area contributed by atoms with Gasteiger partial charge in [-0.2, -0.15) is 0 Å². The first-order valence-electron chi connectivity index (χ1n) is 10.1. The molecule has 0 unspecified atom stereocenters. The smallest absolute Gasteiger partial charge is 0.228 e. The van der Waals surface area contributed by atoms with E-state index in [0.29, 0.717) is 25.0 Å². The van der Waals surface area contributed by atoms with Gasteiger partial charge in [-0.05, 0) is 31.6 Å². The van der Waals surface area contributed by atoms with Gasteiger partial charge < -0.3 is 14.4 Å². The summed E-state index contributed by atoms with van der Waals surface area (Å²) in [5.74, 6) is 0.705. The predicted octanol–water partition coefficient (Wildman–Crippen LogP) is 4.62. The summed E-state index contributed by atoms with van der Waals surface area (Å²) in [6, 6.07) is 0. The van der Waals surface area contributed by atoms with Crippen molar-refractivity contribution < 1.29 is 14.3 Å². The topological polar surface area (TPSA) is 38.8 Å². The van der Waals surface area contributed by atoms with E-state index in [2.05, 4.69) is 18.7 Å². The van der Waals surface area contributed by atoms with Crippen molar-refractivity contribution in [3.63, 3.8) is 0 Å². The molecule has 2 spiro atoms. The zero-order valence-electron chi connectivity index (χ0n) is 16.8. The fourth-order valence-electron chi connectivity index (χ4n) is 3.88. The van der Waals surface area contributed by atoms with Gasteiger partial charge in [0.1, 0.15) is 0 Å². The summed E-state index contributed by atoms with van der Waals surface area (Å²) in [7, 11) is 0. The number of carbonyl (C=O) groups is 1. The van der Waals surface area contributed by atoms with Crippen molar-refractivity contribution in [2.75, 3.05) is 26.3 Å². The van der Waals surface area contributed by atoms with Crippen LogP contribution in [0.15, 0.2) is 0 Å². The predicted molar refractivity (Wildman–Crippen MR) is 98.9 cm³/mol. The van der Waals surface area contributed by atoms with Gasteiger partial charge in [-0.25, -0.2) is 0 Å². The van der Waals surface area contributed by atoms with Gasteiger partial charge >= 0.3 is 0 Å². The lowest BCUT2D eigenvalue weighted by Gasteiger charge is -2.40. The van der Waals surface area contributed by atoms with Gasteiger partial charge in [-0.15, -0.1) is 0 Å².